The van der Waals surface area contributed by atoms with E-state index in [2.05, 4.69) is 10.2 Å². The minimum Gasteiger partial charge on any atom is -0.496 e. The Morgan fingerprint density at radius 2 is 1.89 bits per heavy atom. The molecule has 0 aliphatic rings. The van der Waals surface area contributed by atoms with Gasteiger partial charge in [-0.25, -0.2) is 0 Å². The van der Waals surface area contributed by atoms with Gasteiger partial charge >= 0.3 is 0 Å². The monoisotopic (exact) mass is 246 g/mol. The van der Waals surface area contributed by atoms with Crippen LogP contribution in [0.5, 0.6) is 5.75 Å². The molecular weight excluding hydrogens is 232 g/mol. The summed E-state index contributed by atoms with van der Waals surface area (Å²) in [6.45, 7) is 2.02. The molecule has 2 N–H and O–H groups in total. The largest absolute Gasteiger partial charge is 0.496 e. The number of nitrogens with one attached hydrogen (secondary N) is 2. The molecule has 94 valence electrons. The minimum absolute atomic E-state index is 0.311. The van der Waals surface area contributed by atoms with Crippen LogP contribution in [0.4, 0.5) is 0 Å². The van der Waals surface area contributed by atoms with Gasteiger partial charge in [-0.1, -0.05) is 13.0 Å². The van der Waals surface area contributed by atoms with Gasteiger partial charge in [0.25, 0.3) is 11.1 Å². The third-order valence-corrected chi connectivity index (χ3v) is 2.78. The zero-order valence-electron chi connectivity index (χ0n) is 10.2. The zero-order valence-corrected chi connectivity index (χ0v) is 10.2. The van der Waals surface area contributed by atoms with Crippen LogP contribution in [0.15, 0.2) is 33.9 Å². The molecule has 5 nitrogen and oxygen atoms in total. The summed E-state index contributed by atoms with van der Waals surface area (Å²) in [5.74, 6) is 0.573. The second kappa shape index (κ2) is 4.91. The summed E-state index contributed by atoms with van der Waals surface area (Å²) >= 11 is 0. The maximum atomic E-state index is 11.8. The lowest BCUT2D eigenvalue weighted by molar-refractivity contribution is 0.416. The quantitative estimate of drug-likeness (QED) is 0.857. The van der Waals surface area contributed by atoms with Crippen LogP contribution in [0.2, 0.25) is 0 Å². The molecule has 18 heavy (non-hydrogen) atoms. The number of benzene rings is 1. The van der Waals surface area contributed by atoms with Gasteiger partial charge in [0.05, 0.1) is 12.7 Å². The standard InChI is InChI=1S/C13H14N2O3/c1-3-8-4-5-11(18-2)9(6-8)10-7-12(16)14-15-13(10)17/h4-7H,3H2,1-2H3,(H,14,16)(H,15,17). The zero-order chi connectivity index (χ0) is 13.1. The molecule has 0 aliphatic heterocycles. The Balaban J connectivity index is 2.72. The van der Waals surface area contributed by atoms with Crippen LogP contribution in [0.25, 0.3) is 11.1 Å². The molecule has 1 heterocycles. The van der Waals surface area contributed by atoms with E-state index in [1.807, 2.05) is 19.1 Å². The van der Waals surface area contributed by atoms with Crippen molar-refractivity contribution in [3.8, 4) is 16.9 Å². The minimum atomic E-state index is -0.353. The van der Waals surface area contributed by atoms with Gasteiger partial charge in [0, 0.05) is 11.6 Å². The third-order valence-electron chi connectivity index (χ3n) is 2.78. The molecule has 0 unspecified atom stereocenters. The molecule has 2 rings (SSSR count). The highest BCUT2D eigenvalue weighted by atomic mass is 16.5. The van der Waals surface area contributed by atoms with Crippen molar-refractivity contribution in [1.29, 1.82) is 0 Å². The molecule has 0 saturated heterocycles. The van der Waals surface area contributed by atoms with E-state index in [-0.39, 0.29) is 11.1 Å². The van der Waals surface area contributed by atoms with E-state index >= 15 is 0 Å². The van der Waals surface area contributed by atoms with Gasteiger partial charge in [-0.2, -0.15) is 0 Å². The van der Waals surface area contributed by atoms with E-state index in [1.165, 1.54) is 13.2 Å². The number of rotatable bonds is 3. The number of hydrogen-bond acceptors (Lipinski definition) is 3. The fraction of sp³-hybridized carbons (Fsp3) is 0.231. The van der Waals surface area contributed by atoms with Crippen LogP contribution in [-0.2, 0) is 6.42 Å². The smallest absolute Gasteiger partial charge is 0.270 e. The number of H-pyrrole nitrogens is 2. The predicted octanol–water partition coefficient (Wildman–Crippen LogP) is 1.30. The topological polar surface area (TPSA) is 75.0 Å². The molecule has 0 bridgehead atoms. The average Bonchev–Trinajstić information content (AvgIpc) is 2.40. The van der Waals surface area contributed by atoms with Crippen molar-refractivity contribution in [3.63, 3.8) is 0 Å². The fourth-order valence-electron chi connectivity index (χ4n) is 1.80. The molecule has 0 saturated carbocycles. The molecule has 2 aromatic rings. The van der Waals surface area contributed by atoms with E-state index in [9.17, 15) is 9.59 Å². The Kier molecular flexibility index (Phi) is 3.32. The molecule has 0 radical (unpaired) electrons. The van der Waals surface area contributed by atoms with Crippen molar-refractivity contribution in [3.05, 3.63) is 50.5 Å². The van der Waals surface area contributed by atoms with Crippen LogP contribution in [-0.4, -0.2) is 17.3 Å². The van der Waals surface area contributed by atoms with Gasteiger partial charge in [-0.15, -0.1) is 0 Å². The summed E-state index contributed by atoms with van der Waals surface area (Å²) in [7, 11) is 1.53. The molecule has 0 amide bonds. The van der Waals surface area contributed by atoms with E-state index in [0.717, 1.165) is 12.0 Å². The van der Waals surface area contributed by atoms with Crippen molar-refractivity contribution in [2.45, 2.75) is 13.3 Å². The molecule has 0 atom stereocenters. The van der Waals surface area contributed by atoms with Gasteiger partial charge in [-0.05, 0) is 24.1 Å². The highest BCUT2D eigenvalue weighted by Gasteiger charge is 2.11. The number of ether oxygens (including phenoxy) is 1. The number of hydrogen-bond donors (Lipinski definition) is 2. The molecule has 0 fully saturated rings. The highest BCUT2D eigenvalue weighted by molar-refractivity contribution is 5.70. The van der Waals surface area contributed by atoms with Gasteiger partial charge in [-0.3, -0.25) is 19.8 Å². The number of aromatic amines is 2. The highest BCUT2D eigenvalue weighted by Crippen LogP contribution is 2.28. The molecule has 1 aromatic carbocycles. The van der Waals surface area contributed by atoms with Crippen molar-refractivity contribution in [2.24, 2.45) is 0 Å². The number of aromatic nitrogens is 2. The van der Waals surface area contributed by atoms with Crippen LogP contribution < -0.4 is 15.9 Å². The normalized spacial score (nSPS) is 10.3. The second-order valence-electron chi connectivity index (χ2n) is 3.89. The Labute approximate surface area is 103 Å². The maximum absolute atomic E-state index is 11.8. The lowest BCUT2D eigenvalue weighted by atomic mass is 10.0. The van der Waals surface area contributed by atoms with Gasteiger partial charge in [0.2, 0.25) is 0 Å². The van der Waals surface area contributed by atoms with Gasteiger partial charge in [0.15, 0.2) is 0 Å². The first-order chi connectivity index (χ1) is 8.65. The molecular formula is C13H14N2O3. The van der Waals surface area contributed by atoms with Crippen molar-refractivity contribution in [1.82, 2.24) is 10.2 Å². The summed E-state index contributed by atoms with van der Waals surface area (Å²) in [6, 6.07) is 6.87. The van der Waals surface area contributed by atoms with Crippen molar-refractivity contribution >= 4 is 0 Å². The van der Waals surface area contributed by atoms with Crippen LogP contribution in [0.1, 0.15) is 12.5 Å². The number of aryl methyl sites for hydroxylation is 1. The van der Waals surface area contributed by atoms with Crippen LogP contribution in [0.3, 0.4) is 0 Å². The lowest BCUT2D eigenvalue weighted by Crippen LogP contribution is -2.19. The second-order valence-corrected chi connectivity index (χ2v) is 3.89. The predicted molar refractivity (Wildman–Crippen MR) is 69.0 cm³/mol. The van der Waals surface area contributed by atoms with E-state index in [4.69, 9.17) is 4.74 Å². The first-order valence-electron chi connectivity index (χ1n) is 5.65. The summed E-state index contributed by atoms with van der Waals surface area (Å²) in [6.07, 6.45) is 0.845. The van der Waals surface area contributed by atoms with E-state index in [1.54, 1.807) is 6.07 Å². The first-order valence-corrected chi connectivity index (χ1v) is 5.65. The Hall–Kier alpha value is -2.30. The Morgan fingerprint density at radius 1 is 1.11 bits per heavy atom. The molecule has 0 spiro atoms. The van der Waals surface area contributed by atoms with Crippen LogP contribution in [0, 0.1) is 0 Å². The third kappa shape index (κ3) is 2.20. The maximum Gasteiger partial charge on any atom is 0.270 e. The Morgan fingerprint density at radius 3 is 2.56 bits per heavy atom. The summed E-state index contributed by atoms with van der Waals surface area (Å²) in [5.41, 5.74) is 1.32. The van der Waals surface area contributed by atoms with E-state index < -0.39 is 0 Å². The summed E-state index contributed by atoms with van der Waals surface area (Å²) in [4.78, 5) is 23.1. The van der Waals surface area contributed by atoms with Gasteiger partial charge in [0.1, 0.15) is 5.75 Å². The SMILES string of the molecule is CCc1ccc(OC)c(-c2cc(=O)[nH][nH]c2=O)c1. The molecule has 5 heteroatoms. The fourth-order valence-corrected chi connectivity index (χ4v) is 1.80. The average molecular weight is 246 g/mol. The van der Waals surface area contributed by atoms with E-state index in [0.29, 0.717) is 16.9 Å². The van der Waals surface area contributed by atoms with Crippen LogP contribution >= 0.6 is 0 Å². The molecule has 0 aliphatic carbocycles. The van der Waals surface area contributed by atoms with Gasteiger partial charge < -0.3 is 4.74 Å². The lowest BCUT2D eigenvalue weighted by Gasteiger charge is -2.09. The Bertz CT molecular complexity index is 670. The number of methoxy groups -OCH3 is 1. The summed E-state index contributed by atoms with van der Waals surface area (Å²) in [5, 5.41) is 4.55. The summed E-state index contributed by atoms with van der Waals surface area (Å²) < 4.78 is 5.23. The van der Waals surface area contributed by atoms with Crippen molar-refractivity contribution in [2.75, 3.05) is 7.11 Å². The first kappa shape index (κ1) is 12.2. The molecule has 1 aromatic heterocycles. The van der Waals surface area contributed by atoms with Crippen molar-refractivity contribution < 1.29 is 4.74 Å².